The largest absolute Gasteiger partial charge is 0.300 e. The Morgan fingerprint density at radius 3 is 2.83 bits per heavy atom. The predicted octanol–water partition coefficient (Wildman–Crippen LogP) is 2.63. The first-order chi connectivity index (χ1) is 8.56. The third-order valence-corrected chi connectivity index (χ3v) is 2.48. The van der Waals surface area contributed by atoms with Gasteiger partial charge in [-0.15, -0.1) is 6.42 Å². The number of nitrogens with zero attached hydrogens (tertiary/aromatic N) is 1. The molecule has 4 nitrogen and oxygen atoms in total. The number of rotatable bonds is 6. The summed E-state index contributed by atoms with van der Waals surface area (Å²) in [6.45, 7) is 2.33. The zero-order valence-electron chi connectivity index (χ0n) is 10.1. The Labute approximate surface area is 105 Å². The van der Waals surface area contributed by atoms with Crippen LogP contribution in [0.3, 0.4) is 0 Å². The monoisotopic (exact) mass is 250 g/mol. The van der Waals surface area contributed by atoms with Crippen LogP contribution in [0.2, 0.25) is 0 Å². The van der Waals surface area contributed by atoms with Crippen molar-refractivity contribution in [2.75, 3.05) is 0 Å². The molecule has 1 aromatic carbocycles. The van der Waals surface area contributed by atoms with Gasteiger partial charge in [0.25, 0.3) is 5.69 Å². The molecule has 0 amide bonds. The molecule has 0 saturated carbocycles. The quantitative estimate of drug-likeness (QED) is 0.479. The Morgan fingerprint density at radius 2 is 2.28 bits per heavy atom. The van der Waals surface area contributed by atoms with E-state index in [9.17, 15) is 14.5 Å². The zero-order valence-corrected chi connectivity index (χ0v) is 10.1. The Morgan fingerprint density at radius 1 is 1.56 bits per heavy atom. The lowest BCUT2D eigenvalue weighted by atomic mass is 10.1. The second-order valence-corrected chi connectivity index (χ2v) is 3.96. The number of nitro groups is 1. The van der Waals surface area contributed by atoms with E-state index in [0.29, 0.717) is 12.1 Å². The highest BCUT2D eigenvalue weighted by Crippen LogP contribution is 2.16. The predicted molar refractivity (Wildman–Crippen MR) is 67.4 cm³/mol. The van der Waals surface area contributed by atoms with E-state index in [1.54, 1.807) is 0 Å². The van der Waals surface area contributed by atoms with Crippen LogP contribution in [-0.2, 0) is 6.54 Å². The summed E-state index contributed by atoms with van der Waals surface area (Å²) in [7, 11) is 0. The topological polar surface area (TPSA) is 55.2 Å². The van der Waals surface area contributed by atoms with Crippen molar-refractivity contribution in [3.63, 3.8) is 0 Å². The number of nitro benzene ring substituents is 1. The number of halogens is 1. The van der Waals surface area contributed by atoms with Crippen LogP contribution in [0.5, 0.6) is 0 Å². The van der Waals surface area contributed by atoms with Crippen LogP contribution in [0.4, 0.5) is 10.1 Å². The van der Waals surface area contributed by atoms with Gasteiger partial charge in [0, 0.05) is 12.6 Å². The van der Waals surface area contributed by atoms with Gasteiger partial charge in [0.2, 0.25) is 0 Å². The number of benzene rings is 1. The van der Waals surface area contributed by atoms with Gasteiger partial charge < -0.3 is 0 Å². The highest BCUT2D eigenvalue weighted by atomic mass is 19.1. The molecule has 1 aromatic rings. The number of nitrogens with one attached hydrogen (secondary N) is 1. The second-order valence-electron chi connectivity index (χ2n) is 3.96. The van der Waals surface area contributed by atoms with Crippen molar-refractivity contribution in [2.24, 2.45) is 0 Å². The lowest BCUT2D eigenvalue weighted by Gasteiger charge is -2.11. The van der Waals surface area contributed by atoms with Crippen molar-refractivity contribution in [3.8, 4) is 12.3 Å². The van der Waals surface area contributed by atoms with Gasteiger partial charge in [-0.1, -0.05) is 19.3 Å². The van der Waals surface area contributed by atoms with Gasteiger partial charge in [-0.2, -0.15) is 0 Å². The summed E-state index contributed by atoms with van der Waals surface area (Å²) in [5, 5.41) is 13.6. The average Bonchev–Trinajstić information content (AvgIpc) is 2.33. The number of hydrogen-bond donors (Lipinski definition) is 1. The lowest BCUT2D eigenvalue weighted by Crippen LogP contribution is -2.26. The molecule has 5 heteroatoms. The summed E-state index contributed by atoms with van der Waals surface area (Å²) in [5.41, 5.74) is 0.262. The van der Waals surface area contributed by atoms with E-state index in [1.807, 2.05) is 6.92 Å². The van der Waals surface area contributed by atoms with Gasteiger partial charge in [0.05, 0.1) is 17.0 Å². The maximum absolute atomic E-state index is 13.2. The molecule has 0 saturated heterocycles. The Hall–Kier alpha value is -1.93. The molecular weight excluding hydrogens is 235 g/mol. The van der Waals surface area contributed by atoms with Gasteiger partial charge in [0.1, 0.15) is 5.82 Å². The third-order valence-electron chi connectivity index (χ3n) is 2.48. The van der Waals surface area contributed by atoms with E-state index >= 15 is 0 Å². The van der Waals surface area contributed by atoms with E-state index in [1.165, 1.54) is 12.1 Å². The van der Waals surface area contributed by atoms with E-state index in [2.05, 4.69) is 11.2 Å². The molecule has 1 N–H and O–H groups in total. The van der Waals surface area contributed by atoms with E-state index in [0.717, 1.165) is 18.9 Å². The summed E-state index contributed by atoms with van der Waals surface area (Å²) in [4.78, 5) is 9.97. The highest BCUT2D eigenvalue weighted by molar-refractivity contribution is 5.35. The van der Waals surface area contributed by atoms with E-state index in [-0.39, 0.29) is 11.7 Å². The smallest absolute Gasteiger partial charge is 0.272 e. The molecule has 0 bridgehead atoms. The Kier molecular flexibility index (Phi) is 5.28. The van der Waals surface area contributed by atoms with Crippen LogP contribution in [0.1, 0.15) is 25.3 Å². The minimum absolute atomic E-state index is 0.0997. The van der Waals surface area contributed by atoms with Crippen LogP contribution in [0, 0.1) is 28.3 Å². The molecule has 0 fully saturated rings. The Bertz CT molecular complexity index is 469. The fourth-order valence-corrected chi connectivity index (χ4v) is 1.61. The molecule has 0 heterocycles. The van der Waals surface area contributed by atoms with Crippen molar-refractivity contribution in [1.82, 2.24) is 5.32 Å². The maximum atomic E-state index is 13.2. The molecule has 1 rings (SSSR count). The molecule has 0 aliphatic carbocycles. The van der Waals surface area contributed by atoms with Gasteiger partial charge in [-0.25, -0.2) is 4.39 Å². The summed E-state index contributed by atoms with van der Waals surface area (Å²) >= 11 is 0. The van der Waals surface area contributed by atoms with Gasteiger partial charge in [0.15, 0.2) is 0 Å². The minimum Gasteiger partial charge on any atom is -0.300 e. The first-order valence-electron chi connectivity index (χ1n) is 5.70. The van der Waals surface area contributed by atoms with Crippen LogP contribution in [0.25, 0.3) is 0 Å². The van der Waals surface area contributed by atoms with Crippen LogP contribution in [-0.4, -0.2) is 11.0 Å². The normalized spacial score (nSPS) is 11.8. The van der Waals surface area contributed by atoms with Gasteiger partial charge in [-0.05, 0) is 18.1 Å². The first kappa shape index (κ1) is 14.1. The maximum Gasteiger partial charge on any atom is 0.272 e. The molecule has 96 valence electrons. The molecular formula is C13H15FN2O2. The van der Waals surface area contributed by atoms with Crippen molar-refractivity contribution >= 4 is 5.69 Å². The molecule has 0 aromatic heterocycles. The second kappa shape index (κ2) is 6.72. The highest BCUT2D eigenvalue weighted by Gasteiger charge is 2.10. The fourth-order valence-electron chi connectivity index (χ4n) is 1.61. The molecule has 0 radical (unpaired) electrons. The number of terminal acetylenes is 1. The van der Waals surface area contributed by atoms with E-state index in [4.69, 9.17) is 6.42 Å². The molecule has 18 heavy (non-hydrogen) atoms. The number of hydrogen-bond acceptors (Lipinski definition) is 3. The molecule has 0 aliphatic heterocycles. The standard InChI is InChI=1S/C13H15FN2O2/c1-3-5-12(4-2)15-9-10-6-11(14)8-13(7-10)16(17)18/h2,6-8,12,15H,3,5,9H2,1H3. The Balaban J connectivity index is 2.73. The molecule has 0 aliphatic rings. The third kappa shape index (κ3) is 4.15. The van der Waals surface area contributed by atoms with Crippen molar-refractivity contribution in [2.45, 2.75) is 32.4 Å². The first-order valence-corrected chi connectivity index (χ1v) is 5.70. The van der Waals surface area contributed by atoms with Crippen LogP contribution >= 0.6 is 0 Å². The SMILES string of the molecule is C#CC(CCC)NCc1cc(F)cc([N+](=O)[O-])c1. The van der Waals surface area contributed by atoms with Crippen LogP contribution in [0.15, 0.2) is 18.2 Å². The van der Waals surface area contributed by atoms with Crippen molar-refractivity contribution < 1.29 is 9.31 Å². The summed E-state index contributed by atoms with van der Waals surface area (Å²) < 4.78 is 13.2. The molecule has 1 unspecified atom stereocenters. The number of non-ortho nitro benzene ring substituents is 1. The lowest BCUT2D eigenvalue weighted by molar-refractivity contribution is -0.385. The minimum atomic E-state index is -0.617. The molecule has 1 atom stereocenters. The summed E-state index contributed by atoms with van der Waals surface area (Å²) in [5.74, 6) is 1.97. The average molecular weight is 250 g/mol. The molecule has 0 spiro atoms. The fraction of sp³-hybridized carbons (Fsp3) is 0.385. The van der Waals surface area contributed by atoms with Crippen molar-refractivity contribution in [1.29, 1.82) is 0 Å². The van der Waals surface area contributed by atoms with Gasteiger partial charge >= 0.3 is 0 Å². The van der Waals surface area contributed by atoms with Crippen LogP contribution < -0.4 is 5.32 Å². The van der Waals surface area contributed by atoms with E-state index < -0.39 is 10.7 Å². The summed E-state index contributed by atoms with van der Waals surface area (Å²) in [6.07, 6.45) is 7.09. The van der Waals surface area contributed by atoms with Crippen molar-refractivity contribution in [3.05, 3.63) is 39.7 Å². The zero-order chi connectivity index (χ0) is 13.5. The van der Waals surface area contributed by atoms with Gasteiger partial charge in [-0.3, -0.25) is 15.4 Å². The summed E-state index contributed by atoms with van der Waals surface area (Å²) in [6, 6.07) is 3.40.